The second-order valence-corrected chi connectivity index (χ2v) is 5.89. The van der Waals surface area contributed by atoms with Crippen LogP contribution < -0.4 is 16.0 Å². The number of amides is 2. The number of benzene rings is 1. The van der Waals surface area contributed by atoms with Crippen molar-refractivity contribution < 1.29 is 9.59 Å². The molecular formula is C17H26N4O2. The van der Waals surface area contributed by atoms with E-state index in [1.807, 2.05) is 0 Å². The van der Waals surface area contributed by atoms with E-state index in [-0.39, 0.29) is 18.4 Å². The molecule has 0 unspecified atom stereocenters. The lowest BCUT2D eigenvalue weighted by molar-refractivity contribution is -0.117. The summed E-state index contributed by atoms with van der Waals surface area (Å²) in [5, 5.41) is 8.48. The molecule has 6 nitrogen and oxygen atoms in total. The molecule has 0 aromatic heterocycles. The number of nitrogens with one attached hydrogen (secondary N) is 3. The Hall–Kier alpha value is -1.92. The van der Waals surface area contributed by atoms with Crippen molar-refractivity contribution in [1.82, 2.24) is 10.2 Å². The molecule has 1 aromatic rings. The van der Waals surface area contributed by atoms with E-state index in [1.165, 1.54) is 25.7 Å². The zero-order valence-corrected chi connectivity index (χ0v) is 13.7. The number of hydrogen-bond donors (Lipinski definition) is 3. The van der Waals surface area contributed by atoms with Crippen molar-refractivity contribution in [2.24, 2.45) is 0 Å². The average Bonchev–Trinajstić information content (AvgIpc) is 2.78. The number of likely N-dealkylation sites (N-methyl/N-ethyl adjacent to an activating group) is 1. The minimum absolute atomic E-state index is 0.0128. The molecule has 2 rings (SSSR count). The van der Waals surface area contributed by atoms with Gasteiger partial charge in [-0.15, -0.1) is 0 Å². The summed E-state index contributed by atoms with van der Waals surface area (Å²) in [5.41, 5.74) is 1.47. The smallest absolute Gasteiger partial charge is 0.238 e. The molecule has 0 spiro atoms. The summed E-state index contributed by atoms with van der Waals surface area (Å²) in [6.07, 6.45) is 4.88. The standard InChI is InChI=1S/C17H26N4O2/c1-18-12-16(22)19-14-6-8-15(9-7-14)20-17(23)13-21-10-4-2-3-5-11-21/h6-9,18H,2-5,10-13H2,1H3,(H,19,22)(H,20,23). The molecule has 0 aliphatic carbocycles. The van der Waals surface area contributed by atoms with Crippen LogP contribution in [0.1, 0.15) is 25.7 Å². The first-order valence-electron chi connectivity index (χ1n) is 8.24. The van der Waals surface area contributed by atoms with E-state index in [0.717, 1.165) is 24.5 Å². The molecule has 0 atom stereocenters. The van der Waals surface area contributed by atoms with Gasteiger partial charge in [0.05, 0.1) is 13.1 Å². The molecule has 6 heteroatoms. The van der Waals surface area contributed by atoms with Crippen molar-refractivity contribution in [2.75, 3.05) is 43.9 Å². The summed E-state index contributed by atoms with van der Waals surface area (Å²) >= 11 is 0. The third-order valence-corrected chi connectivity index (χ3v) is 3.86. The van der Waals surface area contributed by atoms with Gasteiger partial charge in [-0.05, 0) is 57.2 Å². The Labute approximate surface area is 137 Å². The maximum atomic E-state index is 12.1. The quantitative estimate of drug-likeness (QED) is 0.746. The number of hydrogen-bond acceptors (Lipinski definition) is 4. The lowest BCUT2D eigenvalue weighted by atomic mass is 10.2. The van der Waals surface area contributed by atoms with Crippen LogP contribution in [0.4, 0.5) is 11.4 Å². The van der Waals surface area contributed by atoms with E-state index in [1.54, 1.807) is 31.3 Å². The minimum atomic E-state index is -0.0922. The molecule has 2 amide bonds. The number of rotatable bonds is 6. The Morgan fingerprint density at radius 3 is 1.96 bits per heavy atom. The summed E-state index contributed by atoms with van der Waals surface area (Å²) in [4.78, 5) is 25.8. The zero-order valence-electron chi connectivity index (χ0n) is 13.7. The lowest BCUT2D eigenvalue weighted by Gasteiger charge is -2.19. The van der Waals surface area contributed by atoms with Crippen LogP contribution in [0, 0.1) is 0 Å². The van der Waals surface area contributed by atoms with Crippen molar-refractivity contribution in [2.45, 2.75) is 25.7 Å². The van der Waals surface area contributed by atoms with Crippen molar-refractivity contribution in [3.8, 4) is 0 Å². The van der Waals surface area contributed by atoms with Crippen molar-refractivity contribution >= 4 is 23.2 Å². The number of nitrogens with zero attached hydrogens (tertiary/aromatic N) is 1. The van der Waals surface area contributed by atoms with Gasteiger partial charge in [0.2, 0.25) is 11.8 Å². The second-order valence-electron chi connectivity index (χ2n) is 5.89. The van der Waals surface area contributed by atoms with Gasteiger partial charge in [-0.3, -0.25) is 14.5 Å². The first-order chi connectivity index (χ1) is 11.2. The Morgan fingerprint density at radius 2 is 1.43 bits per heavy atom. The monoisotopic (exact) mass is 318 g/mol. The van der Waals surface area contributed by atoms with Gasteiger partial charge < -0.3 is 16.0 Å². The van der Waals surface area contributed by atoms with Gasteiger partial charge in [0.15, 0.2) is 0 Å². The molecule has 1 aliphatic heterocycles. The highest BCUT2D eigenvalue weighted by molar-refractivity contribution is 5.94. The van der Waals surface area contributed by atoms with E-state index in [4.69, 9.17) is 0 Å². The van der Waals surface area contributed by atoms with E-state index >= 15 is 0 Å². The van der Waals surface area contributed by atoms with E-state index < -0.39 is 0 Å². The molecule has 126 valence electrons. The second kappa shape index (κ2) is 9.27. The lowest BCUT2D eigenvalue weighted by Crippen LogP contribution is -2.33. The molecule has 0 bridgehead atoms. The van der Waals surface area contributed by atoms with Crippen LogP contribution in [0.15, 0.2) is 24.3 Å². The van der Waals surface area contributed by atoms with Gasteiger partial charge in [-0.1, -0.05) is 12.8 Å². The Kier molecular flexibility index (Phi) is 7.03. The predicted octanol–water partition coefficient (Wildman–Crippen LogP) is 1.66. The highest BCUT2D eigenvalue weighted by Gasteiger charge is 2.13. The maximum absolute atomic E-state index is 12.1. The van der Waals surface area contributed by atoms with Crippen LogP contribution in [0.5, 0.6) is 0 Å². The third kappa shape index (κ3) is 6.38. The van der Waals surface area contributed by atoms with Crippen molar-refractivity contribution in [3.05, 3.63) is 24.3 Å². The summed E-state index contributed by atoms with van der Waals surface area (Å²) in [6.45, 7) is 2.72. The van der Waals surface area contributed by atoms with Crippen molar-refractivity contribution in [1.29, 1.82) is 0 Å². The Bertz CT molecular complexity index is 508. The summed E-state index contributed by atoms with van der Waals surface area (Å²) in [5.74, 6) is -0.0793. The molecule has 1 aromatic carbocycles. The van der Waals surface area contributed by atoms with Crippen LogP contribution in [0.3, 0.4) is 0 Å². The molecule has 3 N–H and O–H groups in total. The molecule has 0 saturated carbocycles. The molecule has 23 heavy (non-hydrogen) atoms. The number of carbonyl (C=O) groups is 2. The molecule has 1 saturated heterocycles. The number of anilines is 2. The van der Waals surface area contributed by atoms with Gasteiger partial charge in [-0.2, -0.15) is 0 Å². The number of likely N-dealkylation sites (tertiary alicyclic amines) is 1. The topological polar surface area (TPSA) is 73.5 Å². The van der Waals surface area contributed by atoms with Crippen LogP contribution in [-0.4, -0.2) is 49.9 Å². The highest BCUT2D eigenvalue weighted by atomic mass is 16.2. The van der Waals surface area contributed by atoms with E-state index in [9.17, 15) is 9.59 Å². The van der Waals surface area contributed by atoms with Gasteiger partial charge in [0.1, 0.15) is 0 Å². The summed E-state index contributed by atoms with van der Waals surface area (Å²) in [7, 11) is 1.72. The summed E-state index contributed by atoms with van der Waals surface area (Å²) < 4.78 is 0. The summed E-state index contributed by atoms with van der Waals surface area (Å²) in [6, 6.07) is 7.18. The van der Waals surface area contributed by atoms with E-state index in [2.05, 4.69) is 20.9 Å². The Morgan fingerprint density at radius 1 is 0.913 bits per heavy atom. The fraction of sp³-hybridized carbons (Fsp3) is 0.529. The fourth-order valence-corrected chi connectivity index (χ4v) is 2.70. The van der Waals surface area contributed by atoms with Crippen molar-refractivity contribution in [3.63, 3.8) is 0 Å². The Balaban J connectivity index is 1.80. The van der Waals surface area contributed by atoms with Crippen LogP contribution in [0.2, 0.25) is 0 Å². The predicted molar refractivity (Wildman–Crippen MR) is 92.5 cm³/mol. The van der Waals surface area contributed by atoms with E-state index in [0.29, 0.717) is 6.54 Å². The van der Waals surface area contributed by atoms with Gasteiger partial charge in [0, 0.05) is 11.4 Å². The van der Waals surface area contributed by atoms with Crippen LogP contribution in [-0.2, 0) is 9.59 Å². The first kappa shape index (κ1) is 17.4. The average molecular weight is 318 g/mol. The normalized spacial score (nSPS) is 15.7. The van der Waals surface area contributed by atoms with Crippen LogP contribution >= 0.6 is 0 Å². The highest BCUT2D eigenvalue weighted by Crippen LogP contribution is 2.14. The van der Waals surface area contributed by atoms with Gasteiger partial charge in [-0.25, -0.2) is 0 Å². The van der Waals surface area contributed by atoms with Gasteiger partial charge >= 0.3 is 0 Å². The molecule has 1 aliphatic rings. The SMILES string of the molecule is CNCC(=O)Nc1ccc(NC(=O)CN2CCCCCC2)cc1. The zero-order chi connectivity index (χ0) is 16.5. The number of carbonyl (C=O) groups excluding carboxylic acids is 2. The molecule has 1 fully saturated rings. The minimum Gasteiger partial charge on any atom is -0.325 e. The molecular weight excluding hydrogens is 292 g/mol. The fourth-order valence-electron chi connectivity index (χ4n) is 2.70. The first-order valence-corrected chi connectivity index (χ1v) is 8.24. The largest absolute Gasteiger partial charge is 0.325 e. The van der Waals surface area contributed by atoms with Crippen LogP contribution in [0.25, 0.3) is 0 Å². The molecule has 0 radical (unpaired) electrons. The maximum Gasteiger partial charge on any atom is 0.238 e. The third-order valence-electron chi connectivity index (χ3n) is 3.86. The van der Waals surface area contributed by atoms with Gasteiger partial charge in [0.25, 0.3) is 0 Å². The molecule has 1 heterocycles.